The topological polar surface area (TPSA) is 79.9 Å². The van der Waals surface area contributed by atoms with Crippen LogP contribution in [0.15, 0.2) is 42.5 Å². The number of ether oxygens (including phenoxy) is 2. The molecule has 2 amide bonds. The van der Waals surface area contributed by atoms with E-state index in [-0.39, 0.29) is 23.9 Å². The van der Waals surface area contributed by atoms with Crippen molar-refractivity contribution in [2.24, 2.45) is 0 Å². The lowest BCUT2D eigenvalue weighted by atomic mass is 10.1. The second-order valence-corrected chi connectivity index (χ2v) is 6.65. The van der Waals surface area contributed by atoms with Gasteiger partial charge in [-0.05, 0) is 30.7 Å². The molecule has 0 aromatic heterocycles. The van der Waals surface area contributed by atoms with Gasteiger partial charge in [-0.25, -0.2) is 0 Å². The van der Waals surface area contributed by atoms with Crippen molar-refractivity contribution in [2.45, 2.75) is 18.5 Å². The number of hydrogen-bond acceptors (Lipinski definition) is 5. The van der Waals surface area contributed by atoms with Gasteiger partial charge in [-0.2, -0.15) is 0 Å². The highest BCUT2D eigenvalue weighted by molar-refractivity contribution is 6.04. The molecule has 4 rings (SSSR count). The van der Waals surface area contributed by atoms with Crippen molar-refractivity contribution in [1.82, 2.24) is 5.32 Å². The van der Waals surface area contributed by atoms with Gasteiger partial charge in [0.05, 0.1) is 31.2 Å². The maximum absolute atomic E-state index is 12.8. The van der Waals surface area contributed by atoms with Crippen molar-refractivity contribution in [3.8, 4) is 11.5 Å². The Morgan fingerprint density at radius 1 is 1.19 bits per heavy atom. The summed E-state index contributed by atoms with van der Waals surface area (Å²) in [5, 5.41) is 5.97. The molecule has 0 bridgehead atoms. The van der Waals surface area contributed by atoms with Crippen LogP contribution in [0.1, 0.15) is 16.8 Å². The van der Waals surface area contributed by atoms with E-state index >= 15 is 0 Å². The van der Waals surface area contributed by atoms with E-state index < -0.39 is 0 Å². The van der Waals surface area contributed by atoms with Crippen molar-refractivity contribution >= 4 is 23.2 Å². The summed E-state index contributed by atoms with van der Waals surface area (Å²) in [6.07, 6.45) is 0.560. The molecule has 2 aliphatic rings. The van der Waals surface area contributed by atoms with Crippen LogP contribution in [0.5, 0.6) is 11.5 Å². The van der Waals surface area contributed by atoms with Crippen molar-refractivity contribution in [2.75, 3.05) is 31.0 Å². The number of fused-ring (bicyclic) bond motifs is 3. The van der Waals surface area contributed by atoms with E-state index in [2.05, 4.69) is 15.5 Å². The summed E-state index contributed by atoms with van der Waals surface area (Å²) in [7, 11) is 3.08. The zero-order valence-electron chi connectivity index (χ0n) is 15.2. The van der Waals surface area contributed by atoms with Crippen LogP contribution < -0.4 is 25.0 Å². The molecule has 27 heavy (non-hydrogen) atoms. The molecule has 0 saturated carbocycles. The SMILES string of the molecule is COc1ccc(C(=O)NC2CC3C(=O)Nc4ccccc4N3C2)c(OC)c1. The Labute approximate surface area is 157 Å². The Balaban J connectivity index is 1.52. The maximum atomic E-state index is 12.8. The predicted molar refractivity (Wildman–Crippen MR) is 102 cm³/mol. The number of para-hydroxylation sites is 2. The van der Waals surface area contributed by atoms with Crippen LogP contribution in [0.3, 0.4) is 0 Å². The van der Waals surface area contributed by atoms with Crippen LogP contribution >= 0.6 is 0 Å². The van der Waals surface area contributed by atoms with Gasteiger partial charge in [0.1, 0.15) is 17.5 Å². The fourth-order valence-corrected chi connectivity index (χ4v) is 3.75. The van der Waals surface area contributed by atoms with Crippen molar-refractivity contribution in [1.29, 1.82) is 0 Å². The van der Waals surface area contributed by atoms with Crippen LogP contribution in [0.4, 0.5) is 11.4 Å². The first-order valence-electron chi connectivity index (χ1n) is 8.80. The lowest BCUT2D eigenvalue weighted by Crippen LogP contribution is -2.44. The van der Waals surface area contributed by atoms with E-state index in [9.17, 15) is 9.59 Å². The maximum Gasteiger partial charge on any atom is 0.255 e. The molecule has 1 saturated heterocycles. The van der Waals surface area contributed by atoms with Gasteiger partial charge in [-0.15, -0.1) is 0 Å². The summed E-state index contributed by atoms with van der Waals surface area (Å²) in [6.45, 7) is 0.583. The smallest absolute Gasteiger partial charge is 0.255 e. The molecule has 1 fully saturated rings. The molecule has 7 heteroatoms. The molecule has 0 spiro atoms. The Hall–Kier alpha value is -3.22. The van der Waals surface area contributed by atoms with Crippen LogP contribution in [0, 0.1) is 0 Å². The summed E-state index contributed by atoms with van der Waals surface area (Å²) in [6, 6.07) is 12.4. The van der Waals surface area contributed by atoms with Gasteiger partial charge in [0.2, 0.25) is 5.91 Å². The third-order valence-corrected chi connectivity index (χ3v) is 5.06. The van der Waals surface area contributed by atoms with E-state index in [1.54, 1.807) is 25.3 Å². The van der Waals surface area contributed by atoms with E-state index in [1.165, 1.54) is 7.11 Å². The van der Waals surface area contributed by atoms with E-state index in [1.807, 2.05) is 24.3 Å². The van der Waals surface area contributed by atoms with Crippen LogP contribution in [-0.2, 0) is 4.79 Å². The molecule has 7 nitrogen and oxygen atoms in total. The highest BCUT2D eigenvalue weighted by Gasteiger charge is 2.41. The first-order valence-corrected chi connectivity index (χ1v) is 8.80. The van der Waals surface area contributed by atoms with Crippen molar-refractivity contribution < 1.29 is 19.1 Å². The largest absolute Gasteiger partial charge is 0.497 e. The quantitative estimate of drug-likeness (QED) is 0.864. The number of nitrogens with zero attached hydrogens (tertiary/aromatic N) is 1. The summed E-state index contributed by atoms with van der Waals surface area (Å²) in [5.41, 5.74) is 2.23. The van der Waals surface area contributed by atoms with Gasteiger partial charge in [0.25, 0.3) is 5.91 Å². The minimum atomic E-state index is -0.275. The minimum Gasteiger partial charge on any atom is -0.497 e. The van der Waals surface area contributed by atoms with Gasteiger partial charge >= 0.3 is 0 Å². The fourth-order valence-electron chi connectivity index (χ4n) is 3.75. The number of carbonyl (C=O) groups is 2. The predicted octanol–water partition coefficient (Wildman–Crippen LogP) is 2.03. The van der Waals surface area contributed by atoms with Gasteiger partial charge in [-0.1, -0.05) is 12.1 Å². The van der Waals surface area contributed by atoms with Crippen LogP contribution in [0.2, 0.25) is 0 Å². The zero-order chi connectivity index (χ0) is 19.0. The summed E-state index contributed by atoms with van der Waals surface area (Å²) >= 11 is 0. The molecule has 2 atom stereocenters. The second kappa shape index (κ2) is 6.83. The molecule has 2 aromatic rings. The molecule has 2 unspecified atom stereocenters. The van der Waals surface area contributed by atoms with Gasteiger partial charge in [-0.3, -0.25) is 9.59 Å². The van der Waals surface area contributed by atoms with Gasteiger partial charge < -0.3 is 25.0 Å². The summed E-state index contributed by atoms with van der Waals surface area (Å²) < 4.78 is 10.5. The van der Waals surface area contributed by atoms with Crippen molar-refractivity contribution in [3.63, 3.8) is 0 Å². The monoisotopic (exact) mass is 367 g/mol. The molecule has 2 aromatic carbocycles. The number of rotatable bonds is 4. The molecular formula is C20H21N3O4. The fraction of sp³-hybridized carbons (Fsp3) is 0.300. The first kappa shape index (κ1) is 17.2. The van der Waals surface area contributed by atoms with E-state index in [4.69, 9.17) is 9.47 Å². The van der Waals surface area contributed by atoms with Gasteiger partial charge in [0.15, 0.2) is 0 Å². The Bertz CT molecular complexity index is 899. The average molecular weight is 367 g/mol. The molecule has 2 heterocycles. The normalized spacial score (nSPS) is 20.4. The summed E-state index contributed by atoms with van der Waals surface area (Å²) in [5.74, 6) is 0.806. The molecular weight excluding hydrogens is 346 g/mol. The molecule has 140 valence electrons. The second-order valence-electron chi connectivity index (χ2n) is 6.65. The summed E-state index contributed by atoms with van der Waals surface area (Å²) in [4.78, 5) is 27.2. The number of benzene rings is 2. The molecule has 0 radical (unpaired) electrons. The Morgan fingerprint density at radius 3 is 2.78 bits per heavy atom. The van der Waals surface area contributed by atoms with E-state index in [0.29, 0.717) is 30.0 Å². The average Bonchev–Trinajstić information content (AvgIpc) is 3.12. The number of carbonyl (C=O) groups excluding carboxylic acids is 2. The van der Waals surface area contributed by atoms with Gasteiger partial charge in [0, 0.05) is 18.7 Å². The lowest BCUT2D eigenvalue weighted by molar-refractivity contribution is -0.117. The standard InChI is InChI=1S/C20H21N3O4/c1-26-13-7-8-14(18(10-13)27-2)19(24)21-12-9-17-20(25)22-15-5-3-4-6-16(15)23(17)11-12/h3-8,10,12,17H,9,11H2,1-2H3,(H,21,24)(H,22,25). The lowest BCUT2D eigenvalue weighted by Gasteiger charge is -2.32. The molecule has 2 N–H and O–H groups in total. The first-order chi connectivity index (χ1) is 13.1. The number of hydrogen-bond donors (Lipinski definition) is 2. The highest BCUT2D eigenvalue weighted by Crippen LogP contribution is 2.36. The molecule has 0 aliphatic carbocycles. The zero-order valence-corrected chi connectivity index (χ0v) is 15.2. The third kappa shape index (κ3) is 3.05. The number of anilines is 2. The highest BCUT2D eigenvalue weighted by atomic mass is 16.5. The van der Waals surface area contributed by atoms with Crippen molar-refractivity contribution in [3.05, 3.63) is 48.0 Å². The van der Waals surface area contributed by atoms with Crippen LogP contribution in [0.25, 0.3) is 0 Å². The number of nitrogens with one attached hydrogen (secondary N) is 2. The third-order valence-electron chi connectivity index (χ3n) is 5.06. The molecule has 2 aliphatic heterocycles. The number of methoxy groups -OCH3 is 2. The van der Waals surface area contributed by atoms with E-state index in [0.717, 1.165) is 11.4 Å². The minimum absolute atomic E-state index is 0.0347. The Kier molecular flexibility index (Phi) is 4.35. The number of amides is 2. The van der Waals surface area contributed by atoms with Crippen LogP contribution in [-0.4, -0.2) is 44.7 Å². The Morgan fingerprint density at radius 2 is 2.00 bits per heavy atom.